The average molecular weight is 443 g/mol. The Labute approximate surface area is 185 Å². The van der Waals surface area contributed by atoms with E-state index in [0.29, 0.717) is 46.7 Å². The van der Waals surface area contributed by atoms with Crippen LogP contribution in [-0.2, 0) is 0 Å². The molecule has 2 amide bonds. The maximum absolute atomic E-state index is 12.7. The van der Waals surface area contributed by atoms with Crippen molar-refractivity contribution in [3.63, 3.8) is 0 Å². The molecule has 0 bridgehead atoms. The summed E-state index contributed by atoms with van der Waals surface area (Å²) in [4.78, 5) is 24.7. The fraction of sp³-hybridized carbons (Fsp3) is 0.217. The second-order valence-electron chi connectivity index (χ2n) is 6.53. The van der Waals surface area contributed by atoms with Gasteiger partial charge in [-0.2, -0.15) is 0 Å². The van der Waals surface area contributed by atoms with Crippen LogP contribution < -0.4 is 20.1 Å². The Morgan fingerprint density at radius 1 is 0.968 bits per heavy atom. The summed E-state index contributed by atoms with van der Waals surface area (Å²) in [6, 6.07) is 13.1. The molecule has 0 fully saturated rings. The van der Waals surface area contributed by atoms with E-state index >= 15 is 0 Å². The molecule has 0 saturated carbocycles. The summed E-state index contributed by atoms with van der Waals surface area (Å²) in [5, 5.41) is 5.82. The lowest BCUT2D eigenvalue weighted by Crippen LogP contribution is -2.13. The van der Waals surface area contributed by atoms with Crippen LogP contribution in [0.25, 0.3) is 0 Å². The summed E-state index contributed by atoms with van der Waals surface area (Å²) in [5.74, 6) is 0.358. The summed E-state index contributed by atoms with van der Waals surface area (Å²) < 4.78 is 16.3. The maximum atomic E-state index is 12.7. The molecule has 8 heteroatoms. The molecule has 31 heavy (non-hydrogen) atoms. The summed E-state index contributed by atoms with van der Waals surface area (Å²) in [6.45, 7) is 4.74. The smallest absolute Gasteiger partial charge is 0.291 e. The second-order valence-corrected chi connectivity index (χ2v) is 6.94. The molecule has 2 aromatic carbocycles. The first-order chi connectivity index (χ1) is 15.0. The Kier molecular flexibility index (Phi) is 7.56. The van der Waals surface area contributed by atoms with Gasteiger partial charge in [0.25, 0.3) is 11.8 Å². The van der Waals surface area contributed by atoms with E-state index in [9.17, 15) is 9.59 Å². The number of furan rings is 1. The van der Waals surface area contributed by atoms with Gasteiger partial charge in [0.2, 0.25) is 0 Å². The Hall–Kier alpha value is -3.45. The summed E-state index contributed by atoms with van der Waals surface area (Å²) in [6.07, 6.45) is 2.25. The van der Waals surface area contributed by atoms with E-state index in [0.717, 1.165) is 6.42 Å². The molecule has 1 aromatic heterocycles. The van der Waals surface area contributed by atoms with Crippen LogP contribution in [0.15, 0.2) is 59.2 Å². The number of hydrogen-bond donors (Lipinski definition) is 2. The number of nitrogens with one attached hydrogen (secondary N) is 2. The molecule has 0 radical (unpaired) electrons. The first kappa shape index (κ1) is 22.2. The number of rotatable bonds is 9. The molecule has 1 heterocycles. The third-order valence-corrected chi connectivity index (χ3v) is 4.45. The Morgan fingerprint density at radius 2 is 1.65 bits per heavy atom. The zero-order chi connectivity index (χ0) is 22.2. The average Bonchev–Trinajstić information content (AvgIpc) is 3.30. The highest BCUT2D eigenvalue weighted by molar-refractivity contribution is 6.32. The van der Waals surface area contributed by atoms with Crippen molar-refractivity contribution in [1.82, 2.24) is 0 Å². The minimum atomic E-state index is -0.356. The van der Waals surface area contributed by atoms with Crippen LogP contribution >= 0.6 is 11.6 Å². The highest BCUT2D eigenvalue weighted by Gasteiger charge is 2.17. The Balaban J connectivity index is 1.70. The van der Waals surface area contributed by atoms with E-state index < -0.39 is 0 Å². The normalized spacial score (nSPS) is 10.4. The monoisotopic (exact) mass is 442 g/mol. The number of halogens is 1. The molecular formula is C23H23ClN2O5. The topological polar surface area (TPSA) is 89.8 Å². The summed E-state index contributed by atoms with van der Waals surface area (Å²) in [7, 11) is 0. The molecule has 3 rings (SSSR count). The minimum Gasteiger partial charge on any atom is -0.490 e. The van der Waals surface area contributed by atoms with Crippen molar-refractivity contribution in [2.24, 2.45) is 0 Å². The fourth-order valence-corrected chi connectivity index (χ4v) is 3.01. The predicted molar refractivity (Wildman–Crippen MR) is 119 cm³/mol. The van der Waals surface area contributed by atoms with Gasteiger partial charge in [0.05, 0.1) is 24.5 Å². The van der Waals surface area contributed by atoms with Crippen LogP contribution in [-0.4, -0.2) is 25.0 Å². The molecule has 0 unspecified atom stereocenters. The van der Waals surface area contributed by atoms with Crippen molar-refractivity contribution in [3.05, 3.63) is 71.1 Å². The van der Waals surface area contributed by atoms with E-state index in [-0.39, 0.29) is 17.6 Å². The Bertz CT molecular complexity index is 1030. The molecule has 2 N–H and O–H groups in total. The molecule has 0 spiro atoms. The first-order valence-electron chi connectivity index (χ1n) is 9.87. The third kappa shape index (κ3) is 5.79. The van der Waals surface area contributed by atoms with Gasteiger partial charge in [-0.25, -0.2) is 0 Å². The lowest BCUT2D eigenvalue weighted by molar-refractivity contribution is 0.0994. The maximum Gasteiger partial charge on any atom is 0.291 e. The zero-order valence-corrected chi connectivity index (χ0v) is 18.0. The van der Waals surface area contributed by atoms with Crippen molar-refractivity contribution in [2.45, 2.75) is 20.3 Å². The number of carbonyl (C=O) groups excluding carboxylic acids is 2. The fourth-order valence-electron chi connectivity index (χ4n) is 2.75. The standard InChI is InChI=1S/C23H23ClN2O5/c1-3-11-31-21-18(24)13-15(14-20(21)29-4-2)22(27)25-16-7-9-17(10-8-16)26-23(28)19-6-5-12-30-19/h5-10,12-14H,3-4,11H2,1-2H3,(H,25,27)(H,26,28). The van der Waals surface area contributed by atoms with E-state index in [1.807, 2.05) is 13.8 Å². The molecule has 3 aromatic rings. The quantitative estimate of drug-likeness (QED) is 0.448. The number of hydrogen-bond acceptors (Lipinski definition) is 5. The molecule has 0 aliphatic heterocycles. The second kappa shape index (κ2) is 10.5. The van der Waals surface area contributed by atoms with Crippen molar-refractivity contribution in [1.29, 1.82) is 0 Å². The van der Waals surface area contributed by atoms with Crippen LogP contribution in [0.5, 0.6) is 11.5 Å². The highest BCUT2D eigenvalue weighted by Crippen LogP contribution is 2.37. The van der Waals surface area contributed by atoms with Gasteiger partial charge in [-0.3, -0.25) is 9.59 Å². The third-order valence-electron chi connectivity index (χ3n) is 4.17. The van der Waals surface area contributed by atoms with Crippen molar-refractivity contribution in [2.75, 3.05) is 23.8 Å². The Morgan fingerprint density at radius 3 is 2.23 bits per heavy atom. The van der Waals surface area contributed by atoms with Gasteiger partial charge in [0.1, 0.15) is 0 Å². The van der Waals surface area contributed by atoms with Crippen LogP contribution in [0.4, 0.5) is 11.4 Å². The minimum absolute atomic E-state index is 0.214. The van der Waals surface area contributed by atoms with Crippen LogP contribution in [0, 0.1) is 0 Å². The lowest BCUT2D eigenvalue weighted by atomic mass is 10.1. The summed E-state index contributed by atoms with van der Waals surface area (Å²) >= 11 is 6.33. The van der Waals surface area contributed by atoms with E-state index in [1.165, 1.54) is 6.26 Å². The van der Waals surface area contributed by atoms with Crippen LogP contribution in [0.1, 0.15) is 41.2 Å². The van der Waals surface area contributed by atoms with Crippen molar-refractivity contribution >= 4 is 34.8 Å². The molecule has 0 aliphatic carbocycles. The van der Waals surface area contributed by atoms with Gasteiger partial charge in [0.15, 0.2) is 17.3 Å². The van der Waals surface area contributed by atoms with Gasteiger partial charge in [-0.05, 0) is 61.9 Å². The predicted octanol–water partition coefficient (Wildman–Crippen LogP) is 5.63. The molecule has 0 atom stereocenters. The van der Waals surface area contributed by atoms with E-state index in [2.05, 4.69) is 10.6 Å². The number of anilines is 2. The molecule has 7 nitrogen and oxygen atoms in total. The van der Waals surface area contributed by atoms with Crippen molar-refractivity contribution in [3.8, 4) is 11.5 Å². The van der Waals surface area contributed by atoms with Gasteiger partial charge in [-0.1, -0.05) is 18.5 Å². The number of ether oxygens (including phenoxy) is 2. The van der Waals surface area contributed by atoms with Crippen molar-refractivity contribution < 1.29 is 23.5 Å². The number of benzene rings is 2. The van der Waals surface area contributed by atoms with Crippen LogP contribution in [0.2, 0.25) is 5.02 Å². The first-order valence-corrected chi connectivity index (χ1v) is 10.2. The highest BCUT2D eigenvalue weighted by atomic mass is 35.5. The zero-order valence-electron chi connectivity index (χ0n) is 17.2. The largest absolute Gasteiger partial charge is 0.490 e. The summed E-state index contributed by atoms with van der Waals surface area (Å²) in [5.41, 5.74) is 1.47. The molecule has 0 aliphatic rings. The number of amides is 2. The molecular weight excluding hydrogens is 420 g/mol. The SMILES string of the molecule is CCCOc1c(Cl)cc(C(=O)Nc2ccc(NC(=O)c3ccco3)cc2)cc1OCC. The lowest BCUT2D eigenvalue weighted by Gasteiger charge is -2.15. The number of carbonyl (C=O) groups is 2. The van der Waals surface area contributed by atoms with Gasteiger partial charge in [0, 0.05) is 16.9 Å². The van der Waals surface area contributed by atoms with E-state index in [1.54, 1.807) is 48.5 Å². The van der Waals surface area contributed by atoms with Crippen LogP contribution in [0.3, 0.4) is 0 Å². The molecule has 162 valence electrons. The molecule has 0 saturated heterocycles. The van der Waals surface area contributed by atoms with Gasteiger partial charge < -0.3 is 24.5 Å². The van der Waals surface area contributed by atoms with Gasteiger partial charge in [-0.15, -0.1) is 0 Å². The van der Waals surface area contributed by atoms with E-state index in [4.69, 9.17) is 25.5 Å². The van der Waals surface area contributed by atoms with Gasteiger partial charge >= 0.3 is 0 Å².